The molecule has 0 fully saturated rings. The van der Waals surface area contributed by atoms with Gasteiger partial charge in [0.05, 0.1) is 6.04 Å². The van der Waals surface area contributed by atoms with Crippen LogP contribution in [0.1, 0.15) is 29.7 Å². The number of hydrogen-bond acceptors (Lipinski definition) is 1. The van der Waals surface area contributed by atoms with E-state index in [9.17, 15) is 0 Å². The number of hydrogen-bond donors (Lipinski definition) is 1. The van der Waals surface area contributed by atoms with Gasteiger partial charge in [-0.3, -0.25) is 0 Å². The van der Waals surface area contributed by atoms with E-state index in [4.69, 9.17) is 11.6 Å². The van der Waals surface area contributed by atoms with Gasteiger partial charge in [0.1, 0.15) is 0 Å². The fraction of sp³-hybridized carbons (Fsp3) is 0.250. The highest BCUT2D eigenvalue weighted by Crippen LogP contribution is 2.30. The summed E-state index contributed by atoms with van der Waals surface area (Å²) in [5.41, 5.74) is 3.72. The number of benzene rings is 2. The molecule has 1 atom stereocenters. The molecular formula is C16H17BrClN. The summed E-state index contributed by atoms with van der Waals surface area (Å²) >= 11 is 9.63. The molecule has 0 saturated carbocycles. The van der Waals surface area contributed by atoms with Crippen molar-refractivity contribution >= 4 is 27.5 Å². The van der Waals surface area contributed by atoms with Crippen LogP contribution in [0.15, 0.2) is 46.9 Å². The van der Waals surface area contributed by atoms with E-state index in [0.717, 1.165) is 16.0 Å². The Morgan fingerprint density at radius 3 is 2.42 bits per heavy atom. The van der Waals surface area contributed by atoms with Crippen LogP contribution in [0.5, 0.6) is 0 Å². The molecule has 0 aromatic heterocycles. The first kappa shape index (κ1) is 14.6. The average Bonchev–Trinajstić information content (AvgIpc) is 2.38. The van der Waals surface area contributed by atoms with Crippen LogP contribution in [0.25, 0.3) is 0 Å². The van der Waals surface area contributed by atoms with Gasteiger partial charge in [0.25, 0.3) is 0 Å². The van der Waals surface area contributed by atoms with Crippen LogP contribution in [0.4, 0.5) is 0 Å². The first-order valence-electron chi connectivity index (χ1n) is 6.36. The van der Waals surface area contributed by atoms with Gasteiger partial charge in [0.2, 0.25) is 0 Å². The highest BCUT2D eigenvalue weighted by atomic mass is 79.9. The maximum atomic E-state index is 5.96. The summed E-state index contributed by atoms with van der Waals surface area (Å²) in [6, 6.07) is 14.6. The first-order valence-corrected chi connectivity index (χ1v) is 7.54. The topological polar surface area (TPSA) is 12.0 Å². The van der Waals surface area contributed by atoms with Crippen LogP contribution < -0.4 is 5.32 Å². The molecule has 1 unspecified atom stereocenters. The standard InChI is InChI=1S/C16H17BrClN/c1-3-19-16(12-5-7-13(18)8-6-12)14-9-4-11(2)10-15(14)17/h4-10,16,19H,3H2,1-2H3. The quantitative estimate of drug-likeness (QED) is 0.817. The molecule has 0 spiro atoms. The predicted molar refractivity (Wildman–Crippen MR) is 85.9 cm³/mol. The van der Waals surface area contributed by atoms with Crippen LogP contribution in [-0.4, -0.2) is 6.54 Å². The highest BCUT2D eigenvalue weighted by molar-refractivity contribution is 9.10. The molecule has 0 heterocycles. The Bertz CT molecular complexity index is 551. The van der Waals surface area contributed by atoms with Crippen molar-refractivity contribution in [3.05, 3.63) is 68.7 Å². The molecule has 2 aromatic carbocycles. The summed E-state index contributed by atoms with van der Waals surface area (Å²) < 4.78 is 1.13. The number of aryl methyl sites for hydroxylation is 1. The van der Waals surface area contributed by atoms with E-state index in [1.807, 2.05) is 12.1 Å². The van der Waals surface area contributed by atoms with Gasteiger partial charge in [-0.1, -0.05) is 58.7 Å². The molecule has 2 rings (SSSR count). The van der Waals surface area contributed by atoms with Gasteiger partial charge >= 0.3 is 0 Å². The van der Waals surface area contributed by atoms with E-state index in [-0.39, 0.29) is 6.04 Å². The number of halogens is 2. The molecule has 2 aromatic rings. The molecule has 0 bridgehead atoms. The van der Waals surface area contributed by atoms with E-state index >= 15 is 0 Å². The second-order valence-electron chi connectivity index (χ2n) is 4.57. The van der Waals surface area contributed by atoms with Crippen molar-refractivity contribution in [1.82, 2.24) is 5.32 Å². The summed E-state index contributed by atoms with van der Waals surface area (Å²) in [5.74, 6) is 0. The predicted octanol–water partition coefficient (Wildman–Crippen LogP) is 5.11. The lowest BCUT2D eigenvalue weighted by Gasteiger charge is -2.20. The summed E-state index contributed by atoms with van der Waals surface area (Å²) in [6.45, 7) is 5.12. The lowest BCUT2D eigenvalue weighted by Crippen LogP contribution is -2.22. The van der Waals surface area contributed by atoms with E-state index in [2.05, 4.69) is 65.4 Å². The van der Waals surface area contributed by atoms with Gasteiger partial charge in [0.15, 0.2) is 0 Å². The third-order valence-corrected chi connectivity index (χ3v) is 4.02. The molecule has 3 heteroatoms. The molecular weight excluding hydrogens is 322 g/mol. The monoisotopic (exact) mass is 337 g/mol. The van der Waals surface area contributed by atoms with Gasteiger partial charge in [0, 0.05) is 9.50 Å². The minimum absolute atomic E-state index is 0.178. The smallest absolute Gasteiger partial charge is 0.0587 e. The average molecular weight is 339 g/mol. The summed E-state index contributed by atoms with van der Waals surface area (Å²) in [4.78, 5) is 0. The molecule has 0 aliphatic heterocycles. The van der Waals surface area contributed by atoms with Crippen LogP contribution in [0.2, 0.25) is 5.02 Å². The van der Waals surface area contributed by atoms with Gasteiger partial charge in [-0.05, 0) is 48.4 Å². The minimum atomic E-state index is 0.178. The lowest BCUT2D eigenvalue weighted by atomic mass is 9.98. The molecule has 0 amide bonds. The highest BCUT2D eigenvalue weighted by Gasteiger charge is 2.15. The van der Waals surface area contributed by atoms with Crippen LogP contribution in [-0.2, 0) is 0 Å². The van der Waals surface area contributed by atoms with E-state index in [1.165, 1.54) is 16.7 Å². The van der Waals surface area contributed by atoms with Crippen LogP contribution in [0, 0.1) is 6.92 Å². The van der Waals surface area contributed by atoms with E-state index in [0.29, 0.717) is 0 Å². The van der Waals surface area contributed by atoms with E-state index < -0.39 is 0 Å². The third kappa shape index (κ3) is 3.59. The Morgan fingerprint density at radius 1 is 1.16 bits per heavy atom. The first-order chi connectivity index (χ1) is 9.11. The SMILES string of the molecule is CCNC(c1ccc(Cl)cc1)c1ccc(C)cc1Br. The minimum Gasteiger partial charge on any atom is -0.306 e. The Hall–Kier alpha value is -0.830. The third-order valence-electron chi connectivity index (χ3n) is 3.08. The zero-order valence-electron chi connectivity index (χ0n) is 11.1. The molecule has 0 aliphatic carbocycles. The van der Waals surface area contributed by atoms with Crippen LogP contribution in [0.3, 0.4) is 0 Å². The molecule has 1 nitrogen and oxygen atoms in total. The maximum Gasteiger partial charge on any atom is 0.0587 e. The molecule has 0 radical (unpaired) electrons. The van der Waals surface area contributed by atoms with Crippen molar-refractivity contribution in [3.63, 3.8) is 0 Å². The number of rotatable bonds is 4. The maximum absolute atomic E-state index is 5.96. The Morgan fingerprint density at radius 2 is 1.84 bits per heavy atom. The Labute approximate surface area is 128 Å². The molecule has 0 aliphatic rings. The molecule has 100 valence electrons. The van der Waals surface area contributed by atoms with Gasteiger partial charge in [-0.25, -0.2) is 0 Å². The van der Waals surface area contributed by atoms with Gasteiger partial charge in [-0.15, -0.1) is 0 Å². The summed E-state index contributed by atoms with van der Waals surface area (Å²) in [7, 11) is 0. The van der Waals surface area contributed by atoms with Crippen molar-refractivity contribution in [2.45, 2.75) is 19.9 Å². The van der Waals surface area contributed by atoms with Crippen molar-refractivity contribution in [2.75, 3.05) is 6.54 Å². The second kappa shape index (κ2) is 6.56. The summed E-state index contributed by atoms with van der Waals surface area (Å²) in [6.07, 6.45) is 0. The fourth-order valence-electron chi connectivity index (χ4n) is 2.13. The zero-order valence-corrected chi connectivity index (χ0v) is 13.4. The molecule has 19 heavy (non-hydrogen) atoms. The van der Waals surface area contributed by atoms with Crippen molar-refractivity contribution in [3.8, 4) is 0 Å². The molecule has 0 saturated heterocycles. The molecule has 1 N–H and O–H groups in total. The second-order valence-corrected chi connectivity index (χ2v) is 5.86. The Kier molecular flexibility index (Phi) is 5.03. The zero-order chi connectivity index (χ0) is 13.8. The van der Waals surface area contributed by atoms with Crippen molar-refractivity contribution in [1.29, 1.82) is 0 Å². The largest absolute Gasteiger partial charge is 0.306 e. The fourth-order valence-corrected chi connectivity index (χ4v) is 2.98. The van der Waals surface area contributed by atoms with Gasteiger partial charge < -0.3 is 5.32 Å². The Balaban J connectivity index is 2.41. The lowest BCUT2D eigenvalue weighted by molar-refractivity contribution is 0.628. The van der Waals surface area contributed by atoms with Crippen molar-refractivity contribution < 1.29 is 0 Å². The van der Waals surface area contributed by atoms with Gasteiger partial charge in [-0.2, -0.15) is 0 Å². The number of nitrogens with one attached hydrogen (secondary N) is 1. The normalized spacial score (nSPS) is 12.4. The summed E-state index contributed by atoms with van der Waals surface area (Å²) in [5, 5.41) is 4.29. The van der Waals surface area contributed by atoms with E-state index in [1.54, 1.807) is 0 Å². The van der Waals surface area contributed by atoms with Crippen LogP contribution >= 0.6 is 27.5 Å². The van der Waals surface area contributed by atoms with Crippen molar-refractivity contribution in [2.24, 2.45) is 0 Å².